The SMILES string of the molecule is C=Cc1ccc(C(=C)N2Cc3ccc(CN(CC)CCC)cc3C2)cc1C(C)C. The van der Waals surface area contributed by atoms with E-state index in [4.69, 9.17) is 0 Å². The second-order valence-corrected chi connectivity index (χ2v) is 8.48. The van der Waals surface area contributed by atoms with Crippen molar-refractivity contribution in [1.29, 1.82) is 0 Å². The van der Waals surface area contributed by atoms with E-state index in [-0.39, 0.29) is 0 Å². The van der Waals surface area contributed by atoms with Gasteiger partial charge in [0.2, 0.25) is 0 Å². The van der Waals surface area contributed by atoms with E-state index in [0.717, 1.165) is 38.4 Å². The van der Waals surface area contributed by atoms with E-state index in [0.29, 0.717) is 5.92 Å². The van der Waals surface area contributed by atoms with Gasteiger partial charge in [-0.15, -0.1) is 0 Å². The van der Waals surface area contributed by atoms with Crippen molar-refractivity contribution in [2.75, 3.05) is 13.1 Å². The van der Waals surface area contributed by atoms with Crippen molar-refractivity contribution in [2.45, 2.75) is 59.7 Å². The molecule has 0 fully saturated rings. The van der Waals surface area contributed by atoms with Crippen LogP contribution in [0.25, 0.3) is 11.8 Å². The van der Waals surface area contributed by atoms with Crippen LogP contribution in [-0.4, -0.2) is 22.9 Å². The molecule has 0 saturated heterocycles. The van der Waals surface area contributed by atoms with Crippen LogP contribution in [0.2, 0.25) is 0 Å². The third-order valence-electron chi connectivity index (χ3n) is 6.03. The largest absolute Gasteiger partial charge is 0.363 e. The molecule has 0 bridgehead atoms. The van der Waals surface area contributed by atoms with Gasteiger partial charge in [-0.25, -0.2) is 0 Å². The van der Waals surface area contributed by atoms with Gasteiger partial charge in [0.25, 0.3) is 0 Å². The highest BCUT2D eigenvalue weighted by Gasteiger charge is 2.22. The zero-order valence-corrected chi connectivity index (χ0v) is 18.7. The van der Waals surface area contributed by atoms with Gasteiger partial charge in [-0.3, -0.25) is 4.90 Å². The first-order chi connectivity index (χ1) is 14.0. The molecule has 1 aliphatic rings. The van der Waals surface area contributed by atoms with Crippen molar-refractivity contribution >= 4 is 11.8 Å². The summed E-state index contributed by atoms with van der Waals surface area (Å²) in [6.45, 7) is 22.6. The molecule has 29 heavy (non-hydrogen) atoms. The van der Waals surface area contributed by atoms with E-state index in [2.05, 4.69) is 87.1 Å². The molecule has 0 radical (unpaired) electrons. The number of hydrogen-bond donors (Lipinski definition) is 0. The Bertz CT molecular complexity index is 878. The standard InChI is InChI=1S/C27H36N2/c1-7-14-28(9-3)17-22-10-11-25-18-29(19-26(25)15-22)21(6)24-13-12-23(8-2)27(16-24)20(4)5/h8,10-13,15-16,20H,2,6-7,9,14,17-19H2,1,3-5H3. The predicted octanol–water partition coefficient (Wildman–Crippen LogP) is 6.67. The minimum atomic E-state index is 0.471. The molecule has 0 aromatic heterocycles. The monoisotopic (exact) mass is 388 g/mol. The lowest BCUT2D eigenvalue weighted by molar-refractivity contribution is 0.280. The van der Waals surface area contributed by atoms with Crippen LogP contribution >= 0.6 is 0 Å². The van der Waals surface area contributed by atoms with Crippen molar-refractivity contribution in [3.8, 4) is 0 Å². The molecular weight excluding hydrogens is 352 g/mol. The molecule has 0 amide bonds. The second-order valence-electron chi connectivity index (χ2n) is 8.48. The van der Waals surface area contributed by atoms with E-state index < -0.39 is 0 Å². The molecule has 1 aliphatic heterocycles. The molecule has 1 heterocycles. The predicted molar refractivity (Wildman–Crippen MR) is 127 cm³/mol. The maximum Gasteiger partial charge on any atom is 0.0436 e. The normalized spacial score (nSPS) is 13.2. The van der Waals surface area contributed by atoms with Gasteiger partial charge < -0.3 is 4.90 Å². The van der Waals surface area contributed by atoms with Crippen LogP contribution in [0.15, 0.2) is 49.6 Å². The van der Waals surface area contributed by atoms with Gasteiger partial charge >= 0.3 is 0 Å². The quantitative estimate of drug-likeness (QED) is 0.473. The Labute approximate surface area is 177 Å². The van der Waals surface area contributed by atoms with Crippen LogP contribution in [0.3, 0.4) is 0 Å². The van der Waals surface area contributed by atoms with Crippen molar-refractivity contribution in [3.05, 3.63) is 82.9 Å². The lowest BCUT2D eigenvalue weighted by Gasteiger charge is -2.22. The molecule has 2 heteroatoms. The van der Waals surface area contributed by atoms with Gasteiger partial charge in [-0.1, -0.05) is 77.3 Å². The summed E-state index contributed by atoms with van der Waals surface area (Å²) in [4.78, 5) is 4.92. The fraction of sp³-hybridized carbons (Fsp3) is 0.407. The van der Waals surface area contributed by atoms with Crippen LogP contribution < -0.4 is 0 Å². The molecule has 0 aliphatic carbocycles. The van der Waals surface area contributed by atoms with E-state index in [9.17, 15) is 0 Å². The first-order valence-electron chi connectivity index (χ1n) is 11.0. The number of benzene rings is 2. The van der Waals surface area contributed by atoms with Crippen molar-refractivity contribution in [1.82, 2.24) is 9.80 Å². The van der Waals surface area contributed by atoms with Gasteiger partial charge in [0.05, 0.1) is 0 Å². The smallest absolute Gasteiger partial charge is 0.0436 e. The number of rotatable bonds is 9. The summed E-state index contributed by atoms with van der Waals surface area (Å²) in [6.07, 6.45) is 3.16. The highest BCUT2D eigenvalue weighted by molar-refractivity contribution is 5.67. The molecule has 2 aromatic carbocycles. The molecule has 0 unspecified atom stereocenters. The summed E-state index contributed by atoms with van der Waals surface area (Å²) in [7, 11) is 0. The Morgan fingerprint density at radius 3 is 2.52 bits per heavy atom. The van der Waals surface area contributed by atoms with Gasteiger partial charge in [0, 0.05) is 25.3 Å². The fourth-order valence-electron chi connectivity index (χ4n) is 4.28. The molecule has 0 atom stereocenters. The van der Waals surface area contributed by atoms with E-state index in [1.807, 2.05) is 6.08 Å². The van der Waals surface area contributed by atoms with Gasteiger partial charge in [-0.2, -0.15) is 0 Å². The summed E-state index contributed by atoms with van der Waals surface area (Å²) >= 11 is 0. The zero-order chi connectivity index (χ0) is 21.0. The Kier molecular flexibility index (Phi) is 6.97. The molecule has 0 spiro atoms. The summed E-state index contributed by atoms with van der Waals surface area (Å²) in [5.41, 5.74) is 9.19. The van der Waals surface area contributed by atoms with Crippen LogP contribution in [-0.2, 0) is 19.6 Å². The number of hydrogen-bond acceptors (Lipinski definition) is 2. The van der Waals surface area contributed by atoms with Crippen molar-refractivity contribution < 1.29 is 0 Å². The van der Waals surface area contributed by atoms with Crippen LogP contribution in [0.5, 0.6) is 0 Å². The summed E-state index contributed by atoms with van der Waals surface area (Å²) in [6, 6.07) is 13.7. The van der Waals surface area contributed by atoms with Crippen LogP contribution in [0, 0.1) is 0 Å². The molecule has 154 valence electrons. The van der Waals surface area contributed by atoms with Gasteiger partial charge in [0.1, 0.15) is 0 Å². The summed E-state index contributed by atoms with van der Waals surface area (Å²) < 4.78 is 0. The zero-order valence-electron chi connectivity index (χ0n) is 18.7. The Balaban J connectivity index is 1.75. The summed E-state index contributed by atoms with van der Waals surface area (Å²) in [5, 5.41) is 0. The third-order valence-corrected chi connectivity index (χ3v) is 6.03. The van der Waals surface area contributed by atoms with E-state index >= 15 is 0 Å². The molecule has 0 saturated carbocycles. The number of nitrogens with zero attached hydrogens (tertiary/aromatic N) is 2. The van der Waals surface area contributed by atoms with Gasteiger partial charge in [-0.05, 0) is 64.9 Å². The van der Waals surface area contributed by atoms with Crippen molar-refractivity contribution in [2.24, 2.45) is 0 Å². The maximum atomic E-state index is 4.45. The van der Waals surface area contributed by atoms with E-state index in [1.54, 1.807) is 0 Å². The lowest BCUT2D eigenvalue weighted by Crippen LogP contribution is -2.23. The third kappa shape index (κ3) is 4.82. The molecule has 3 rings (SSSR count). The van der Waals surface area contributed by atoms with Crippen molar-refractivity contribution in [3.63, 3.8) is 0 Å². The maximum absolute atomic E-state index is 4.45. The molecular formula is C27H36N2. The fourth-order valence-corrected chi connectivity index (χ4v) is 4.28. The average molecular weight is 389 g/mol. The highest BCUT2D eigenvalue weighted by atomic mass is 15.2. The Morgan fingerprint density at radius 1 is 1.10 bits per heavy atom. The second kappa shape index (κ2) is 9.45. The molecule has 2 aromatic rings. The summed E-state index contributed by atoms with van der Waals surface area (Å²) in [5.74, 6) is 0.471. The molecule has 2 nitrogen and oxygen atoms in total. The highest BCUT2D eigenvalue weighted by Crippen LogP contribution is 2.32. The molecule has 0 N–H and O–H groups in total. The van der Waals surface area contributed by atoms with E-state index in [1.165, 1.54) is 39.8 Å². The lowest BCUT2D eigenvalue weighted by atomic mass is 9.94. The first kappa shape index (κ1) is 21.4. The minimum Gasteiger partial charge on any atom is -0.363 e. The Hall–Kier alpha value is -2.32. The topological polar surface area (TPSA) is 6.48 Å². The van der Waals surface area contributed by atoms with Crippen LogP contribution in [0.1, 0.15) is 73.4 Å². The van der Waals surface area contributed by atoms with Crippen LogP contribution in [0.4, 0.5) is 0 Å². The Morgan fingerprint density at radius 2 is 1.86 bits per heavy atom. The van der Waals surface area contributed by atoms with Gasteiger partial charge in [0.15, 0.2) is 0 Å². The first-order valence-corrected chi connectivity index (χ1v) is 11.0. The minimum absolute atomic E-state index is 0.471. The average Bonchev–Trinajstić information content (AvgIpc) is 3.15. The number of fused-ring (bicyclic) bond motifs is 1.